The lowest BCUT2D eigenvalue weighted by atomic mass is 10.3. The zero-order chi connectivity index (χ0) is 22.1. The van der Waals surface area contributed by atoms with Crippen molar-refractivity contribution in [2.75, 3.05) is 24.0 Å². The number of amides is 2. The van der Waals surface area contributed by atoms with Gasteiger partial charge in [-0.1, -0.05) is 0 Å². The minimum absolute atomic E-state index is 0. The molecule has 9 N–H and O–H groups in total. The second-order valence-electron chi connectivity index (χ2n) is 5.23. The molecule has 0 aliphatic heterocycles. The Bertz CT molecular complexity index is 981. The molecule has 0 atom stereocenters. The number of aryl methyl sites for hydroxylation is 2. The molecule has 0 saturated heterocycles. The van der Waals surface area contributed by atoms with Crippen LogP contribution in [0.5, 0.6) is 0 Å². The SMILES string of the molecule is [2H]C([2H])(NC(=O)c1cc(NC(=O)c2cc(N)cn2C)cn1C)C([2H])([2H])[NH+]=C(N)N.[Cl-]. The lowest BCUT2D eigenvalue weighted by Gasteiger charge is -2.03. The van der Waals surface area contributed by atoms with Gasteiger partial charge in [-0.05, 0) is 12.1 Å². The third-order valence-electron chi connectivity index (χ3n) is 3.20. The van der Waals surface area contributed by atoms with Gasteiger partial charge in [0.1, 0.15) is 11.4 Å². The van der Waals surface area contributed by atoms with Crippen LogP contribution in [0.3, 0.4) is 0 Å². The Morgan fingerprint density at radius 1 is 1.15 bits per heavy atom. The summed E-state index contributed by atoms with van der Waals surface area (Å²) in [6.45, 7) is -5.64. The van der Waals surface area contributed by atoms with Crippen LogP contribution in [0.15, 0.2) is 24.5 Å². The van der Waals surface area contributed by atoms with Crippen LogP contribution < -0.4 is 45.2 Å². The predicted octanol–water partition coefficient (Wildman–Crippen LogP) is -5.71. The van der Waals surface area contributed by atoms with Crippen LogP contribution in [-0.2, 0) is 14.1 Å². The summed E-state index contributed by atoms with van der Waals surface area (Å²) >= 11 is 0. The molecule has 2 aromatic heterocycles. The molecule has 0 radical (unpaired) electrons. The van der Waals surface area contributed by atoms with Crippen molar-refractivity contribution in [1.82, 2.24) is 14.5 Å². The molecule has 0 aliphatic rings. The summed E-state index contributed by atoms with van der Waals surface area (Å²) in [4.78, 5) is 26.8. The van der Waals surface area contributed by atoms with Gasteiger partial charge in [0.05, 0.1) is 23.4 Å². The highest BCUT2D eigenvalue weighted by Gasteiger charge is 2.15. The van der Waals surface area contributed by atoms with E-state index in [2.05, 4.69) is 5.32 Å². The van der Waals surface area contributed by atoms with Crippen LogP contribution in [-0.4, -0.2) is 39.9 Å². The fourth-order valence-corrected chi connectivity index (χ4v) is 2.13. The van der Waals surface area contributed by atoms with Gasteiger partial charge in [-0.15, -0.1) is 0 Å². The van der Waals surface area contributed by atoms with Crippen molar-refractivity contribution in [3.8, 4) is 0 Å². The first-order chi connectivity index (χ1) is 13.2. The van der Waals surface area contributed by atoms with E-state index in [1.54, 1.807) is 17.8 Å². The number of nitrogen functional groups attached to an aromatic ring is 1. The van der Waals surface area contributed by atoms with E-state index in [0.29, 0.717) is 11.4 Å². The Kier molecular flexibility index (Phi) is 5.13. The van der Waals surface area contributed by atoms with E-state index in [1.165, 1.54) is 29.9 Å². The molecule has 2 amide bonds. The summed E-state index contributed by atoms with van der Waals surface area (Å²) in [5, 5.41) is 4.56. The lowest BCUT2D eigenvalue weighted by Crippen LogP contribution is -3.00. The van der Waals surface area contributed by atoms with E-state index in [1.807, 2.05) is 10.3 Å². The number of carbonyl (C=O) groups excluding carboxylic acids is 2. The third kappa shape index (κ3) is 5.18. The topological polar surface area (TPSA) is 160 Å². The molecule has 2 aromatic rings. The second kappa shape index (κ2) is 8.81. The number of aromatic nitrogens is 2. The molecule has 0 saturated carbocycles. The minimum atomic E-state index is -2.86. The van der Waals surface area contributed by atoms with Gasteiger partial charge in [0.25, 0.3) is 11.8 Å². The second-order valence-corrected chi connectivity index (χ2v) is 5.23. The van der Waals surface area contributed by atoms with Crippen molar-refractivity contribution >= 4 is 29.1 Å². The van der Waals surface area contributed by atoms with Crippen molar-refractivity contribution in [3.05, 3.63) is 35.9 Å². The van der Waals surface area contributed by atoms with E-state index >= 15 is 0 Å². The molecular formula is C15H23ClN8O2. The number of hydrogen-bond donors (Lipinski definition) is 6. The Morgan fingerprint density at radius 2 is 1.77 bits per heavy atom. The number of halogens is 1. The van der Waals surface area contributed by atoms with Gasteiger partial charge in [0.15, 0.2) is 0 Å². The third-order valence-corrected chi connectivity index (χ3v) is 3.20. The molecule has 26 heavy (non-hydrogen) atoms. The average molecular weight is 387 g/mol. The molecule has 0 unspecified atom stereocenters. The van der Waals surface area contributed by atoms with Crippen LogP contribution in [0.25, 0.3) is 0 Å². The fourth-order valence-electron chi connectivity index (χ4n) is 2.13. The molecule has 142 valence electrons. The Balaban J connectivity index is 0.00000450. The Labute approximate surface area is 162 Å². The van der Waals surface area contributed by atoms with E-state index in [-0.39, 0.29) is 23.8 Å². The first-order valence-corrected chi connectivity index (χ1v) is 7.11. The van der Waals surface area contributed by atoms with Gasteiger partial charge in [-0.2, -0.15) is 0 Å². The van der Waals surface area contributed by atoms with Crippen LogP contribution >= 0.6 is 0 Å². The van der Waals surface area contributed by atoms with Crippen LogP contribution in [0, 0.1) is 0 Å². The van der Waals surface area contributed by atoms with Crippen LogP contribution in [0.2, 0.25) is 0 Å². The van der Waals surface area contributed by atoms with Crippen molar-refractivity contribution in [3.63, 3.8) is 0 Å². The maximum atomic E-state index is 12.5. The minimum Gasteiger partial charge on any atom is -1.00 e. The van der Waals surface area contributed by atoms with Gasteiger partial charge in [0.2, 0.25) is 0 Å². The van der Waals surface area contributed by atoms with Crippen molar-refractivity contribution in [2.45, 2.75) is 0 Å². The van der Waals surface area contributed by atoms with Gasteiger partial charge < -0.3 is 37.9 Å². The van der Waals surface area contributed by atoms with Gasteiger partial charge >= 0.3 is 5.96 Å². The van der Waals surface area contributed by atoms with Crippen molar-refractivity contribution in [2.24, 2.45) is 25.6 Å². The van der Waals surface area contributed by atoms with Gasteiger partial charge in [-0.25, -0.2) is 0 Å². The number of hydrogen-bond acceptors (Lipinski definition) is 3. The molecule has 2 rings (SSSR count). The highest BCUT2D eigenvalue weighted by atomic mass is 35.5. The number of anilines is 2. The maximum absolute atomic E-state index is 12.5. The zero-order valence-electron chi connectivity index (χ0n) is 18.1. The molecule has 0 aliphatic carbocycles. The Morgan fingerprint density at radius 3 is 2.35 bits per heavy atom. The summed E-state index contributed by atoms with van der Waals surface area (Å²) in [6.07, 6.45) is 3.03. The normalized spacial score (nSPS) is 13.3. The van der Waals surface area contributed by atoms with Crippen LogP contribution in [0.4, 0.5) is 11.4 Å². The largest absolute Gasteiger partial charge is 1.00 e. The zero-order valence-corrected chi connectivity index (χ0v) is 14.9. The molecule has 0 bridgehead atoms. The molecule has 0 spiro atoms. The van der Waals surface area contributed by atoms with E-state index in [0.717, 1.165) is 0 Å². The highest BCUT2D eigenvalue weighted by Crippen LogP contribution is 2.15. The molecular weight excluding hydrogens is 360 g/mol. The van der Waals surface area contributed by atoms with Crippen molar-refractivity contribution < 1.29 is 32.5 Å². The number of carbonyl (C=O) groups is 2. The fraction of sp³-hybridized carbons (Fsp3) is 0.267. The molecule has 10 nitrogen and oxygen atoms in total. The first-order valence-electron chi connectivity index (χ1n) is 9.11. The van der Waals surface area contributed by atoms with E-state index in [4.69, 9.17) is 22.7 Å². The number of rotatable bonds is 6. The number of nitrogens with zero attached hydrogens (tertiary/aromatic N) is 2. The summed E-state index contributed by atoms with van der Waals surface area (Å²) in [5.74, 6) is -1.91. The monoisotopic (exact) mass is 386 g/mol. The lowest BCUT2D eigenvalue weighted by molar-refractivity contribution is -0.456. The van der Waals surface area contributed by atoms with E-state index < -0.39 is 30.8 Å². The molecule has 0 aromatic carbocycles. The summed E-state index contributed by atoms with van der Waals surface area (Å²) in [5.41, 5.74) is 17.0. The average Bonchev–Trinajstić information content (AvgIpc) is 3.07. The number of guanidine groups is 1. The number of nitrogens with two attached hydrogens (primary N) is 3. The summed E-state index contributed by atoms with van der Waals surface area (Å²) < 4.78 is 33.9. The smallest absolute Gasteiger partial charge is 0.338 e. The number of nitrogens with one attached hydrogen (secondary N) is 3. The van der Waals surface area contributed by atoms with Crippen molar-refractivity contribution in [1.29, 1.82) is 0 Å². The molecule has 2 heterocycles. The highest BCUT2D eigenvalue weighted by molar-refractivity contribution is 6.04. The quantitative estimate of drug-likeness (QED) is 0.215. The predicted molar refractivity (Wildman–Crippen MR) is 94.7 cm³/mol. The van der Waals surface area contributed by atoms with E-state index in [9.17, 15) is 9.59 Å². The maximum Gasteiger partial charge on any atom is 0.338 e. The first kappa shape index (κ1) is 15.1. The molecule has 0 fully saturated rings. The summed E-state index contributed by atoms with van der Waals surface area (Å²) in [6, 6.07) is 2.82. The molecule has 11 heteroatoms. The van der Waals surface area contributed by atoms with Gasteiger partial charge in [-0.3, -0.25) is 26.0 Å². The summed E-state index contributed by atoms with van der Waals surface area (Å²) in [7, 11) is 3.17. The van der Waals surface area contributed by atoms with Gasteiger partial charge in [0, 0.05) is 33.0 Å². The standard InChI is InChI=1S/C15H22N8O2.ClH/c1-22-7-9(16)5-11(22)14(25)21-10-6-12(23(2)8-10)13(24)19-3-4-20-15(17)18;/h5-8H,3-4,16H2,1-2H3,(H,19,24)(H,21,25)(H4,17,18,20);1H/i3D2,4D2;. The Hall–Kier alpha value is -3.14. The van der Waals surface area contributed by atoms with Crippen LogP contribution in [0.1, 0.15) is 26.5 Å².